The number of carbonyl (C=O) groups is 2. The van der Waals surface area contributed by atoms with E-state index >= 15 is 0 Å². The fraction of sp³-hybridized carbons (Fsp3) is 0.579. The average Bonchev–Trinajstić information content (AvgIpc) is 2.55. The minimum Gasteiger partial charge on any atom is -0.325 e. The maximum Gasteiger partial charge on any atom is 0.238 e. The van der Waals surface area contributed by atoms with E-state index in [9.17, 15) is 9.59 Å². The number of amides is 1. The smallest absolute Gasteiger partial charge is 0.238 e. The highest BCUT2D eigenvalue weighted by Gasteiger charge is 2.33. The Morgan fingerprint density at radius 1 is 1.09 bits per heavy atom. The molecule has 0 aromatic heterocycles. The molecule has 2 atom stereocenters. The minimum absolute atomic E-state index is 0.0412. The first-order valence-corrected chi connectivity index (χ1v) is 8.78. The Hall–Kier alpha value is -1.68. The van der Waals surface area contributed by atoms with Crippen LogP contribution >= 0.6 is 0 Å². The first-order valence-electron chi connectivity index (χ1n) is 8.78. The maximum absolute atomic E-state index is 12.4. The van der Waals surface area contributed by atoms with Crippen molar-refractivity contribution in [2.45, 2.75) is 51.5 Å². The van der Waals surface area contributed by atoms with Crippen LogP contribution in [0.2, 0.25) is 0 Å². The van der Waals surface area contributed by atoms with Crippen molar-refractivity contribution in [3.05, 3.63) is 29.8 Å². The molecule has 1 saturated heterocycles. The second kappa shape index (κ2) is 7.26. The molecule has 4 heteroatoms. The zero-order valence-corrected chi connectivity index (χ0v) is 13.9. The van der Waals surface area contributed by atoms with Crippen LogP contribution in [0.5, 0.6) is 0 Å². The molecular formula is C19H26N2O2. The lowest BCUT2D eigenvalue weighted by Crippen LogP contribution is -2.49. The maximum atomic E-state index is 12.4. The summed E-state index contributed by atoms with van der Waals surface area (Å²) in [6.45, 7) is 3.07. The Bertz CT molecular complexity index is 565. The van der Waals surface area contributed by atoms with Gasteiger partial charge in [-0.2, -0.15) is 0 Å². The van der Waals surface area contributed by atoms with Gasteiger partial charge in [-0.25, -0.2) is 0 Å². The van der Waals surface area contributed by atoms with Gasteiger partial charge in [-0.1, -0.05) is 12.8 Å². The number of anilines is 1. The van der Waals surface area contributed by atoms with Crippen LogP contribution in [-0.2, 0) is 4.79 Å². The number of hydrogen-bond donors (Lipinski definition) is 1. The van der Waals surface area contributed by atoms with E-state index in [1.807, 2.05) is 0 Å². The lowest BCUT2D eigenvalue weighted by atomic mass is 9.78. The van der Waals surface area contributed by atoms with Crippen molar-refractivity contribution in [3.8, 4) is 0 Å². The van der Waals surface area contributed by atoms with Gasteiger partial charge in [-0.15, -0.1) is 0 Å². The van der Waals surface area contributed by atoms with Gasteiger partial charge in [0, 0.05) is 17.3 Å². The SMILES string of the molecule is CC(=O)c1ccc(NC(=O)CN2CCC[C@@H]3CCCC[C@@H]32)cc1. The molecule has 1 saturated carbocycles. The largest absolute Gasteiger partial charge is 0.325 e. The monoisotopic (exact) mass is 314 g/mol. The highest BCUT2D eigenvalue weighted by Crippen LogP contribution is 2.35. The van der Waals surface area contributed by atoms with E-state index in [0.29, 0.717) is 18.2 Å². The van der Waals surface area contributed by atoms with Crippen LogP contribution in [0, 0.1) is 5.92 Å². The van der Waals surface area contributed by atoms with Gasteiger partial charge in [0.1, 0.15) is 0 Å². The predicted octanol–water partition coefficient (Wildman–Crippen LogP) is 3.48. The van der Waals surface area contributed by atoms with Gasteiger partial charge in [0.15, 0.2) is 5.78 Å². The van der Waals surface area contributed by atoms with Crippen molar-refractivity contribution in [1.82, 2.24) is 4.90 Å². The minimum atomic E-state index is 0.0412. The molecule has 1 aliphatic carbocycles. The number of carbonyl (C=O) groups excluding carboxylic acids is 2. The number of fused-ring (bicyclic) bond motifs is 1. The summed E-state index contributed by atoms with van der Waals surface area (Å²) in [5, 5.41) is 2.96. The van der Waals surface area contributed by atoms with E-state index in [1.165, 1.54) is 38.5 Å². The fourth-order valence-electron chi connectivity index (χ4n) is 4.10. The molecule has 1 amide bonds. The second-order valence-corrected chi connectivity index (χ2v) is 6.91. The molecule has 1 heterocycles. The number of nitrogens with one attached hydrogen (secondary N) is 1. The van der Waals surface area contributed by atoms with Crippen molar-refractivity contribution >= 4 is 17.4 Å². The predicted molar refractivity (Wildman–Crippen MR) is 91.6 cm³/mol. The Labute approximate surface area is 138 Å². The van der Waals surface area contributed by atoms with Gasteiger partial charge in [0.25, 0.3) is 0 Å². The van der Waals surface area contributed by atoms with Crippen molar-refractivity contribution in [2.75, 3.05) is 18.4 Å². The Balaban J connectivity index is 1.57. The Kier molecular flexibility index (Phi) is 5.11. The molecule has 1 N–H and O–H groups in total. The number of likely N-dealkylation sites (tertiary alicyclic amines) is 1. The summed E-state index contributed by atoms with van der Waals surface area (Å²) in [5.41, 5.74) is 1.43. The van der Waals surface area contributed by atoms with Gasteiger partial charge < -0.3 is 5.32 Å². The van der Waals surface area contributed by atoms with Crippen LogP contribution in [0.25, 0.3) is 0 Å². The number of nitrogens with zero attached hydrogens (tertiary/aromatic N) is 1. The lowest BCUT2D eigenvalue weighted by molar-refractivity contribution is -0.118. The number of hydrogen-bond acceptors (Lipinski definition) is 3. The van der Waals surface area contributed by atoms with Gasteiger partial charge in [0.05, 0.1) is 6.54 Å². The number of piperidine rings is 1. The standard InChI is InChI=1S/C19H26N2O2/c1-14(22)15-8-10-17(11-9-15)20-19(23)13-21-12-4-6-16-5-2-3-7-18(16)21/h8-11,16,18H,2-7,12-13H2,1H3,(H,20,23)/t16-,18-/m0/s1. The number of benzene rings is 1. The van der Waals surface area contributed by atoms with Crippen LogP contribution in [0.4, 0.5) is 5.69 Å². The third-order valence-corrected chi connectivity index (χ3v) is 5.28. The molecule has 23 heavy (non-hydrogen) atoms. The highest BCUT2D eigenvalue weighted by atomic mass is 16.2. The molecule has 1 aliphatic heterocycles. The summed E-state index contributed by atoms with van der Waals surface area (Å²) in [5.74, 6) is 0.881. The Morgan fingerprint density at radius 3 is 2.52 bits per heavy atom. The average molecular weight is 314 g/mol. The molecule has 0 radical (unpaired) electrons. The van der Waals surface area contributed by atoms with Gasteiger partial charge in [-0.3, -0.25) is 14.5 Å². The third kappa shape index (κ3) is 3.99. The fourth-order valence-corrected chi connectivity index (χ4v) is 4.10. The number of ketones is 1. The molecule has 2 aliphatic rings. The first kappa shape index (κ1) is 16.2. The summed E-state index contributed by atoms with van der Waals surface area (Å²) >= 11 is 0. The van der Waals surface area contributed by atoms with Crippen LogP contribution in [0.15, 0.2) is 24.3 Å². The first-order chi connectivity index (χ1) is 11.1. The van der Waals surface area contributed by atoms with Crippen molar-refractivity contribution < 1.29 is 9.59 Å². The van der Waals surface area contributed by atoms with E-state index < -0.39 is 0 Å². The van der Waals surface area contributed by atoms with E-state index in [4.69, 9.17) is 0 Å². The second-order valence-electron chi connectivity index (χ2n) is 6.91. The summed E-state index contributed by atoms with van der Waals surface area (Å²) in [6, 6.07) is 7.72. The summed E-state index contributed by atoms with van der Waals surface area (Å²) in [6.07, 6.45) is 7.76. The van der Waals surface area contributed by atoms with Crippen molar-refractivity contribution in [3.63, 3.8) is 0 Å². The highest BCUT2D eigenvalue weighted by molar-refractivity contribution is 5.96. The van der Waals surface area contributed by atoms with Gasteiger partial charge in [0.2, 0.25) is 5.91 Å². The molecule has 0 unspecified atom stereocenters. The topological polar surface area (TPSA) is 49.4 Å². The van der Waals surface area contributed by atoms with E-state index in [1.54, 1.807) is 31.2 Å². The molecule has 1 aromatic rings. The molecular weight excluding hydrogens is 288 g/mol. The van der Waals surface area contributed by atoms with E-state index in [0.717, 1.165) is 18.2 Å². The zero-order chi connectivity index (χ0) is 16.2. The third-order valence-electron chi connectivity index (χ3n) is 5.28. The van der Waals surface area contributed by atoms with Gasteiger partial charge >= 0.3 is 0 Å². The normalized spacial score (nSPS) is 24.7. The molecule has 0 spiro atoms. The summed E-state index contributed by atoms with van der Waals surface area (Å²) in [7, 11) is 0. The zero-order valence-electron chi connectivity index (χ0n) is 13.9. The number of Topliss-reactive ketones (excluding diaryl/α,β-unsaturated/α-hetero) is 1. The molecule has 2 fully saturated rings. The van der Waals surface area contributed by atoms with Gasteiger partial charge in [-0.05, 0) is 69.3 Å². The van der Waals surface area contributed by atoms with Crippen molar-refractivity contribution in [2.24, 2.45) is 5.92 Å². The van der Waals surface area contributed by atoms with E-state index in [2.05, 4.69) is 10.2 Å². The summed E-state index contributed by atoms with van der Waals surface area (Å²) < 4.78 is 0. The molecule has 4 nitrogen and oxygen atoms in total. The van der Waals surface area contributed by atoms with E-state index in [-0.39, 0.29) is 11.7 Å². The molecule has 0 bridgehead atoms. The molecule has 1 aromatic carbocycles. The quantitative estimate of drug-likeness (QED) is 0.866. The van der Waals surface area contributed by atoms with Crippen LogP contribution < -0.4 is 5.32 Å². The molecule has 3 rings (SSSR count). The van der Waals surface area contributed by atoms with Crippen LogP contribution in [-0.4, -0.2) is 35.7 Å². The Morgan fingerprint density at radius 2 is 1.78 bits per heavy atom. The van der Waals surface area contributed by atoms with Crippen LogP contribution in [0.3, 0.4) is 0 Å². The van der Waals surface area contributed by atoms with Crippen molar-refractivity contribution in [1.29, 1.82) is 0 Å². The molecule has 124 valence electrons. The summed E-state index contributed by atoms with van der Waals surface area (Å²) in [4.78, 5) is 26.0. The lowest BCUT2D eigenvalue weighted by Gasteiger charge is -2.43. The number of rotatable bonds is 4. The van der Waals surface area contributed by atoms with Crippen LogP contribution in [0.1, 0.15) is 55.8 Å².